The molecule has 3 rings (SSSR count). The molecular weight excluding hydrogens is 262 g/mol. The molecule has 0 bridgehead atoms. The molecule has 1 fully saturated rings. The van der Waals surface area contributed by atoms with Crippen LogP contribution in [0.2, 0.25) is 0 Å². The Hall–Kier alpha value is -0.470. The molecule has 2 aliphatic rings. The van der Waals surface area contributed by atoms with Crippen LogP contribution in [0.1, 0.15) is 55.6 Å². The monoisotopic (exact) mass is 289 g/mol. The summed E-state index contributed by atoms with van der Waals surface area (Å²) in [6.07, 6.45) is 9.17. The van der Waals surface area contributed by atoms with Gasteiger partial charge < -0.3 is 5.73 Å². The van der Waals surface area contributed by atoms with E-state index in [1.165, 1.54) is 56.5 Å². The number of aryl methyl sites for hydroxylation is 1. The third-order valence-electron chi connectivity index (χ3n) is 5.06. The fourth-order valence-electron chi connectivity index (χ4n) is 3.97. The van der Waals surface area contributed by atoms with Gasteiger partial charge >= 0.3 is 0 Å². The van der Waals surface area contributed by atoms with Crippen LogP contribution in [0.4, 0.5) is 0 Å². The SMILES string of the molecule is NC(CC1CCSCC1)CC1CCCc2ccccc21. The molecule has 20 heavy (non-hydrogen) atoms. The minimum Gasteiger partial charge on any atom is -0.328 e. The Morgan fingerprint density at radius 3 is 2.75 bits per heavy atom. The molecule has 1 saturated heterocycles. The van der Waals surface area contributed by atoms with Crippen molar-refractivity contribution >= 4 is 11.8 Å². The lowest BCUT2D eigenvalue weighted by Gasteiger charge is -2.30. The van der Waals surface area contributed by atoms with Gasteiger partial charge in [0.2, 0.25) is 0 Å². The summed E-state index contributed by atoms with van der Waals surface area (Å²) in [6.45, 7) is 0. The molecule has 0 radical (unpaired) electrons. The van der Waals surface area contributed by atoms with Crippen LogP contribution in [0.3, 0.4) is 0 Å². The van der Waals surface area contributed by atoms with E-state index >= 15 is 0 Å². The van der Waals surface area contributed by atoms with E-state index in [9.17, 15) is 0 Å². The maximum absolute atomic E-state index is 6.49. The van der Waals surface area contributed by atoms with Crippen LogP contribution in [-0.2, 0) is 6.42 Å². The summed E-state index contributed by atoms with van der Waals surface area (Å²) in [5.74, 6) is 4.31. The average molecular weight is 289 g/mol. The molecule has 0 aromatic heterocycles. The molecule has 2 N–H and O–H groups in total. The van der Waals surface area contributed by atoms with Gasteiger partial charge in [-0.2, -0.15) is 11.8 Å². The van der Waals surface area contributed by atoms with E-state index in [1.54, 1.807) is 11.1 Å². The van der Waals surface area contributed by atoms with Gasteiger partial charge in [0.15, 0.2) is 0 Å². The molecule has 1 aliphatic heterocycles. The average Bonchev–Trinajstić information content (AvgIpc) is 2.48. The molecule has 2 atom stereocenters. The second-order valence-corrected chi connectivity index (χ2v) is 7.80. The Kier molecular flexibility index (Phi) is 5.06. The van der Waals surface area contributed by atoms with E-state index in [1.807, 2.05) is 0 Å². The summed E-state index contributed by atoms with van der Waals surface area (Å²) in [7, 11) is 0. The number of benzene rings is 1. The van der Waals surface area contributed by atoms with Crippen LogP contribution in [0, 0.1) is 5.92 Å². The predicted molar refractivity (Wildman–Crippen MR) is 89.4 cm³/mol. The predicted octanol–water partition coefficient (Wildman–Crippen LogP) is 4.36. The van der Waals surface area contributed by atoms with Gasteiger partial charge in [0.1, 0.15) is 0 Å². The number of thioether (sulfide) groups is 1. The van der Waals surface area contributed by atoms with E-state index in [0.717, 1.165) is 5.92 Å². The molecule has 1 nitrogen and oxygen atoms in total. The van der Waals surface area contributed by atoms with Gasteiger partial charge in [-0.1, -0.05) is 24.3 Å². The lowest BCUT2D eigenvalue weighted by Crippen LogP contribution is -2.28. The number of hydrogen-bond acceptors (Lipinski definition) is 2. The lowest BCUT2D eigenvalue weighted by atomic mass is 9.78. The molecular formula is C18H27NS. The van der Waals surface area contributed by atoms with Gasteiger partial charge in [0, 0.05) is 6.04 Å². The van der Waals surface area contributed by atoms with Crippen LogP contribution >= 0.6 is 11.8 Å². The molecule has 0 amide bonds. The van der Waals surface area contributed by atoms with E-state index in [0.29, 0.717) is 12.0 Å². The first-order valence-electron chi connectivity index (χ1n) is 8.24. The van der Waals surface area contributed by atoms with Gasteiger partial charge in [-0.25, -0.2) is 0 Å². The van der Waals surface area contributed by atoms with E-state index < -0.39 is 0 Å². The number of rotatable bonds is 4. The molecule has 110 valence electrons. The second-order valence-electron chi connectivity index (χ2n) is 6.58. The Morgan fingerprint density at radius 2 is 1.90 bits per heavy atom. The van der Waals surface area contributed by atoms with Gasteiger partial charge in [-0.05, 0) is 79.4 Å². The smallest absolute Gasteiger partial charge is 0.00473 e. The van der Waals surface area contributed by atoms with E-state index in [2.05, 4.69) is 36.0 Å². The molecule has 1 aliphatic carbocycles. The Bertz CT molecular complexity index is 425. The van der Waals surface area contributed by atoms with Crippen molar-refractivity contribution in [2.75, 3.05) is 11.5 Å². The van der Waals surface area contributed by atoms with E-state index in [-0.39, 0.29) is 0 Å². The summed E-state index contributed by atoms with van der Waals surface area (Å²) < 4.78 is 0. The fourth-order valence-corrected chi connectivity index (χ4v) is 5.18. The summed E-state index contributed by atoms with van der Waals surface area (Å²) >= 11 is 2.11. The topological polar surface area (TPSA) is 26.0 Å². The van der Waals surface area contributed by atoms with Crippen LogP contribution < -0.4 is 5.73 Å². The summed E-state index contributed by atoms with van der Waals surface area (Å²) in [5.41, 5.74) is 9.65. The third-order valence-corrected chi connectivity index (χ3v) is 6.11. The van der Waals surface area contributed by atoms with Crippen LogP contribution in [0.25, 0.3) is 0 Å². The van der Waals surface area contributed by atoms with Crippen molar-refractivity contribution in [3.63, 3.8) is 0 Å². The highest BCUT2D eigenvalue weighted by atomic mass is 32.2. The zero-order chi connectivity index (χ0) is 13.8. The van der Waals surface area contributed by atoms with Crippen LogP contribution in [0.15, 0.2) is 24.3 Å². The minimum absolute atomic E-state index is 0.402. The van der Waals surface area contributed by atoms with Crippen molar-refractivity contribution in [1.82, 2.24) is 0 Å². The van der Waals surface area contributed by atoms with Crippen molar-refractivity contribution in [3.8, 4) is 0 Å². The highest BCUT2D eigenvalue weighted by molar-refractivity contribution is 7.99. The molecule has 1 aromatic carbocycles. The van der Waals surface area contributed by atoms with E-state index in [4.69, 9.17) is 5.73 Å². The van der Waals surface area contributed by atoms with Crippen LogP contribution in [-0.4, -0.2) is 17.5 Å². The van der Waals surface area contributed by atoms with Crippen molar-refractivity contribution < 1.29 is 0 Å². The number of nitrogens with two attached hydrogens (primary N) is 1. The summed E-state index contributed by atoms with van der Waals surface area (Å²) in [5, 5.41) is 0. The number of hydrogen-bond donors (Lipinski definition) is 1. The van der Waals surface area contributed by atoms with Gasteiger partial charge in [-0.15, -0.1) is 0 Å². The van der Waals surface area contributed by atoms with Crippen molar-refractivity contribution in [2.24, 2.45) is 11.7 Å². The highest BCUT2D eigenvalue weighted by Crippen LogP contribution is 2.36. The zero-order valence-electron chi connectivity index (χ0n) is 12.4. The maximum Gasteiger partial charge on any atom is 0.00473 e. The van der Waals surface area contributed by atoms with Gasteiger partial charge in [0.05, 0.1) is 0 Å². The Labute approximate surface area is 127 Å². The van der Waals surface area contributed by atoms with Crippen LogP contribution in [0.5, 0.6) is 0 Å². The van der Waals surface area contributed by atoms with Crippen molar-refractivity contribution in [1.29, 1.82) is 0 Å². The first-order valence-corrected chi connectivity index (χ1v) is 9.39. The quantitative estimate of drug-likeness (QED) is 0.891. The fraction of sp³-hybridized carbons (Fsp3) is 0.667. The van der Waals surface area contributed by atoms with Gasteiger partial charge in [0.25, 0.3) is 0 Å². The first kappa shape index (κ1) is 14.5. The molecule has 2 unspecified atom stereocenters. The third kappa shape index (κ3) is 3.59. The maximum atomic E-state index is 6.49. The number of fused-ring (bicyclic) bond motifs is 1. The Balaban J connectivity index is 1.57. The summed E-state index contributed by atoms with van der Waals surface area (Å²) in [6, 6.07) is 9.43. The zero-order valence-corrected chi connectivity index (χ0v) is 13.2. The molecule has 0 spiro atoms. The minimum atomic E-state index is 0.402. The Morgan fingerprint density at radius 1 is 1.10 bits per heavy atom. The highest BCUT2D eigenvalue weighted by Gasteiger charge is 2.24. The van der Waals surface area contributed by atoms with Crippen molar-refractivity contribution in [3.05, 3.63) is 35.4 Å². The molecule has 2 heteroatoms. The standard InChI is InChI=1S/C18H27NS/c19-17(12-14-8-10-20-11-9-14)13-16-6-3-5-15-4-1-2-7-18(15)16/h1-2,4,7,14,16-17H,3,5-6,8-13,19H2. The normalized spacial score (nSPS) is 25.1. The lowest BCUT2D eigenvalue weighted by molar-refractivity contribution is 0.369. The van der Waals surface area contributed by atoms with Crippen molar-refractivity contribution in [2.45, 2.75) is 56.9 Å². The molecule has 1 aromatic rings. The molecule has 0 saturated carbocycles. The summed E-state index contributed by atoms with van der Waals surface area (Å²) in [4.78, 5) is 0. The molecule has 1 heterocycles. The van der Waals surface area contributed by atoms with Gasteiger partial charge in [-0.3, -0.25) is 0 Å². The first-order chi connectivity index (χ1) is 9.83. The second kappa shape index (κ2) is 7.00. The largest absolute Gasteiger partial charge is 0.328 e.